The van der Waals surface area contributed by atoms with Crippen LogP contribution in [0.1, 0.15) is 38.8 Å². The molecule has 0 aromatic heterocycles. The van der Waals surface area contributed by atoms with Crippen molar-refractivity contribution in [3.8, 4) is 0 Å². The standard InChI is InChI=1S/C18H32N4O3S/c1-5-19-18(20-11-12-25-6-2)21-13-16-7-9-17(10-8-16)14-26(23,24)22-15(3)4/h7-10,15,22H,5-6,11-14H2,1-4H3,(H2,19,20,21). The summed E-state index contributed by atoms with van der Waals surface area (Å²) in [4.78, 5) is 4.53. The van der Waals surface area contributed by atoms with Gasteiger partial charge >= 0.3 is 0 Å². The van der Waals surface area contributed by atoms with Crippen LogP contribution in [0, 0.1) is 0 Å². The molecule has 0 radical (unpaired) electrons. The summed E-state index contributed by atoms with van der Waals surface area (Å²) in [5.41, 5.74) is 1.78. The smallest absolute Gasteiger partial charge is 0.216 e. The second-order valence-corrected chi connectivity index (χ2v) is 7.92. The van der Waals surface area contributed by atoms with Crippen LogP contribution in [0.15, 0.2) is 29.3 Å². The molecule has 1 aromatic carbocycles. The van der Waals surface area contributed by atoms with Gasteiger partial charge in [-0.25, -0.2) is 18.1 Å². The van der Waals surface area contributed by atoms with Gasteiger partial charge in [-0.15, -0.1) is 0 Å². The van der Waals surface area contributed by atoms with Crippen LogP contribution >= 0.6 is 0 Å². The number of guanidine groups is 1. The van der Waals surface area contributed by atoms with Crippen LogP contribution in [0.2, 0.25) is 0 Å². The van der Waals surface area contributed by atoms with Gasteiger partial charge in [-0.05, 0) is 38.8 Å². The lowest BCUT2D eigenvalue weighted by Gasteiger charge is -2.11. The zero-order valence-corrected chi connectivity index (χ0v) is 17.0. The van der Waals surface area contributed by atoms with Crippen molar-refractivity contribution in [3.63, 3.8) is 0 Å². The normalized spacial score (nSPS) is 12.4. The van der Waals surface area contributed by atoms with Crippen molar-refractivity contribution >= 4 is 16.0 Å². The minimum Gasteiger partial charge on any atom is -0.380 e. The molecule has 0 saturated heterocycles. The van der Waals surface area contributed by atoms with Crippen molar-refractivity contribution < 1.29 is 13.2 Å². The molecule has 1 aromatic rings. The SMILES string of the molecule is CCNC(=NCc1ccc(CS(=O)(=O)NC(C)C)cc1)NCCOCC. The third-order valence-corrected chi connectivity index (χ3v) is 4.85. The molecule has 8 heteroatoms. The minimum atomic E-state index is -3.30. The van der Waals surface area contributed by atoms with Crippen LogP contribution in [0.5, 0.6) is 0 Å². The van der Waals surface area contributed by atoms with Crippen LogP contribution in [0.25, 0.3) is 0 Å². The Balaban J connectivity index is 2.61. The number of nitrogens with one attached hydrogen (secondary N) is 3. The number of aliphatic imine (C=N–C) groups is 1. The first kappa shape index (κ1) is 22.4. The largest absolute Gasteiger partial charge is 0.380 e. The fourth-order valence-corrected chi connectivity index (χ4v) is 3.69. The number of ether oxygens (including phenoxy) is 1. The Labute approximate surface area is 157 Å². The first-order valence-corrected chi connectivity index (χ1v) is 10.7. The van der Waals surface area contributed by atoms with E-state index in [1.165, 1.54) is 0 Å². The molecule has 148 valence electrons. The lowest BCUT2D eigenvalue weighted by Crippen LogP contribution is -2.39. The molecule has 0 amide bonds. The number of benzene rings is 1. The van der Waals surface area contributed by atoms with Crippen LogP contribution in [0.3, 0.4) is 0 Å². The molecule has 0 atom stereocenters. The van der Waals surface area contributed by atoms with E-state index in [1.54, 1.807) is 0 Å². The highest BCUT2D eigenvalue weighted by Gasteiger charge is 2.12. The molecule has 26 heavy (non-hydrogen) atoms. The Morgan fingerprint density at radius 3 is 2.35 bits per heavy atom. The van der Waals surface area contributed by atoms with Gasteiger partial charge < -0.3 is 15.4 Å². The first-order valence-electron chi connectivity index (χ1n) is 9.04. The van der Waals surface area contributed by atoms with E-state index in [1.807, 2.05) is 52.0 Å². The molecule has 0 unspecified atom stereocenters. The van der Waals surface area contributed by atoms with Crippen LogP contribution in [-0.2, 0) is 27.1 Å². The van der Waals surface area contributed by atoms with E-state index in [0.29, 0.717) is 26.3 Å². The molecule has 3 N–H and O–H groups in total. The van der Waals surface area contributed by atoms with Gasteiger partial charge in [-0.1, -0.05) is 24.3 Å². The van der Waals surface area contributed by atoms with Crippen molar-refractivity contribution in [2.24, 2.45) is 4.99 Å². The summed E-state index contributed by atoms with van der Waals surface area (Å²) in [5.74, 6) is 0.719. The molecule has 0 bridgehead atoms. The number of hydrogen-bond acceptors (Lipinski definition) is 4. The average molecular weight is 385 g/mol. The predicted molar refractivity (Wildman–Crippen MR) is 107 cm³/mol. The van der Waals surface area contributed by atoms with Crippen LogP contribution in [0.4, 0.5) is 0 Å². The van der Waals surface area contributed by atoms with Gasteiger partial charge in [0.05, 0.1) is 18.9 Å². The Hall–Kier alpha value is -1.64. The van der Waals surface area contributed by atoms with E-state index in [4.69, 9.17) is 4.74 Å². The van der Waals surface area contributed by atoms with Gasteiger partial charge in [0.15, 0.2) is 5.96 Å². The third-order valence-electron chi connectivity index (χ3n) is 3.30. The number of hydrogen-bond donors (Lipinski definition) is 3. The van der Waals surface area contributed by atoms with Gasteiger partial charge in [-0.2, -0.15) is 0 Å². The minimum absolute atomic E-state index is 0.0175. The maximum Gasteiger partial charge on any atom is 0.216 e. The summed E-state index contributed by atoms with van der Waals surface area (Å²) in [7, 11) is -3.30. The molecule has 0 aliphatic rings. The van der Waals surface area contributed by atoms with E-state index in [-0.39, 0.29) is 11.8 Å². The Morgan fingerprint density at radius 2 is 1.77 bits per heavy atom. The van der Waals surface area contributed by atoms with E-state index in [9.17, 15) is 8.42 Å². The zero-order valence-electron chi connectivity index (χ0n) is 16.2. The van der Waals surface area contributed by atoms with Crippen molar-refractivity contribution in [3.05, 3.63) is 35.4 Å². The Kier molecular flexibility index (Phi) is 10.2. The lowest BCUT2D eigenvalue weighted by atomic mass is 10.1. The van der Waals surface area contributed by atoms with Gasteiger partial charge in [0.25, 0.3) is 0 Å². The van der Waals surface area contributed by atoms with E-state index >= 15 is 0 Å². The first-order chi connectivity index (χ1) is 12.4. The fraction of sp³-hybridized carbons (Fsp3) is 0.611. The highest BCUT2D eigenvalue weighted by atomic mass is 32.2. The molecular weight excluding hydrogens is 352 g/mol. The van der Waals surface area contributed by atoms with E-state index in [2.05, 4.69) is 20.3 Å². The molecule has 7 nitrogen and oxygen atoms in total. The molecule has 1 rings (SSSR count). The van der Waals surface area contributed by atoms with Gasteiger partial charge in [0, 0.05) is 25.7 Å². The summed E-state index contributed by atoms with van der Waals surface area (Å²) < 4.78 is 31.8. The second-order valence-electron chi connectivity index (χ2n) is 6.17. The predicted octanol–water partition coefficient (Wildman–Crippen LogP) is 1.61. The summed E-state index contributed by atoms with van der Waals surface area (Å²) in [6.45, 7) is 10.9. The average Bonchev–Trinajstić information content (AvgIpc) is 2.56. The summed E-state index contributed by atoms with van der Waals surface area (Å²) in [5, 5.41) is 6.40. The van der Waals surface area contributed by atoms with Crippen molar-refractivity contribution in [2.75, 3.05) is 26.3 Å². The van der Waals surface area contributed by atoms with Crippen LogP contribution < -0.4 is 15.4 Å². The Morgan fingerprint density at radius 1 is 1.12 bits per heavy atom. The highest BCUT2D eigenvalue weighted by molar-refractivity contribution is 7.88. The number of sulfonamides is 1. The maximum atomic E-state index is 12.0. The van der Waals surface area contributed by atoms with Gasteiger partial charge in [-0.3, -0.25) is 0 Å². The summed E-state index contributed by atoms with van der Waals surface area (Å²) in [6.07, 6.45) is 0. The molecule has 0 fully saturated rings. The van der Waals surface area contributed by atoms with Crippen molar-refractivity contribution in [1.82, 2.24) is 15.4 Å². The second kappa shape index (κ2) is 11.9. The number of rotatable bonds is 11. The van der Waals surface area contributed by atoms with Gasteiger partial charge in [0.2, 0.25) is 10.0 Å². The monoisotopic (exact) mass is 384 g/mol. The third kappa shape index (κ3) is 9.74. The van der Waals surface area contributed by atoms with Crippen molar-refractivity contribution in [2.45, 2.75) is 46.0 Å². The zero-order chi connectivity index (χ0) is 19.4. The van der Waals surface area contributed by atoms with E-state index in [0.717, 1.165) is 23.6 Å². The lowest BCUT2D eigenvalue weighted by molar-refractivity contribution is 0.152. The highest BCUT2D eigenvalue weighted by Crippen LogP contribution is 2.09. The maximum absolute atomic E-state index is 12.0. The molecule has 0 spiro atoms. The van der Waals surface area contributed by atoms with Crippen LogP contribution in [-0.4, -0.2) is 46.7 Å². The summed E-state index contributed by atoms with van der Waals surface area (Å²) >= 11 is 0. The topological polar surface area (TPSA) is 91.8 Å². The van der Waals surface area contributed by atoms with Crippen molar-refractivity contribution in [1.29, 1.82) is 0 Å². The number of nitrogens with zero attached hydrogens (tertiary/aromatic N) is 1. The quantitative estimate of drug-likeness (QED) is 0.306. The summed E-state index contributed by atoms with van der Waals surface area (Å²) in [6, 6.07) is 7.38. The molecule has 0 aliphatic carbocycles. The Bertz CT molecular complexity index is 643. The molecular formula is C18H32N4O3S. The molecule has 0 aliphatic heterocycles. The van der Waals surface area contributed by atoms with Gasteiger partial charge in [0.1, 0.15) is 0 Å². The fourth-order valence-electron chi connectivity index (χ4n) is 2.26. The molecule has 0 heterocycles. The molecule has 0 saturated carbocycles. The van der Waals surface area contributed by atoms with E-state index < -0.39 is 10.0 Å².